The van der Waals surface area contributed by atoms with Gasteiger partial charge in [0.05, 0.1) is 5.56 Å². The number of ether oxygens (including phenoxy) is 2. The normalized spacial score (nSPS) is 13.0. The van der Waals surface area contributed by atoms with Gasteiger partial charge < -0.3 is 15.2 Å². The number of amides is 1. The fourth-order valence-electron chi connectivity index (χ4n) is 1.93. The number of rotatable bonds is 3. The van der Waals surface area contributed by atoms with Gasteiger partial charge in [-0.15, -0.1) is 0 Å². The molecule has 5 heteroatoms. The van der Waals surface area contributed by atoms with Crippen LogP contribution in [0.2, 0.25) is 0 Å². The molecular weight excluding hydrogens is 246 g/mol. The number of carbonyl (C=O) groups is 2. The van der Waals surface area contributed by atoms with Crippen molar-refractivity contribution in [1.29, 1.82) is 0 Å². The van der Waals surface area contributed by atoms with Crippen molar-refractivity contribution >= 4 is 11.7 Å². The van der Waals surface area contributed by atoms with E-state index in [9.17, 15) is 9.59 Å². The molecule has 100 valence electrons. The van der Waals surface area contributed by atoms with Crippen molar-refractivity contribution < 1.29 is 19.1 Å². The van der Waals surface area contributed by atoms with Gasteiger partial charge in [0.2, 0.25) is 5.78 Å². The maximum atomic E-state index is 12.1. The van der Waals surface area contributed by atoms with E-state index in [0.29, 0.717) is 22.8 Å². The summed E-state index contributed by atoms with van der Waals surface area (Å²) in [4.78, 5) is 22.8. The molecule has 0 saturated heterocycles. The summed E-state index contributed by atoms with van der Waals surface area (Å²) in [6, 6.07) is 3.29. The van der Waals surface area contributed by atoms with Crippen LogP contribution in [0.4, 0.5) is 0 Å². The van der Waals surface area contributed by atoms with Crippen LogP contribution in [0.5, 0.6) is 11.5 Å². The van der Waals surface area contributed by atoms with E-state index in [-0.39, 0.29) is 12.4 Å². The van der Waals surface area contributed by atoms with Gasteiger partial charge in [-0.2, -0.15) is 0 Å². The second kappa shape index (κ2) is 4.76. The molecule has 0 aromatic heterocycles. The van der Waals surface area contributed by atoms with Gasteiger partial charge in [-0.05, 0) is 38.0 Å². The highest BCUT2D eigenvalue weighted by atomic mass is 16.5. The molecule has 1 aliphatic heterocycles. The Morgan fingerprint density at radius 1 is 1.37 bits per heavy atom. The van der Waals surface area contributed by atoms with Crippen LogP contribution in [0.15, 0.2) is 23.5 Å². The lowest BCUT2D eigenvalue weighted by atomic mass is 10.0. The maximum Gasteiger partial charge on any atom is 0.255 e. The number of hydrogen-bond donors (Lipinski definition) is 1. The molecule has 1 aliphatic rings. The van der Waals surface area contributed by atoms with Crippen molar-refractivity contribution in [2.45, 2.75) is 20.8 Å². The first-order valence-corrected chi connectivity index (χ1v) is 5.86. The first-order valence-electron chi connectivity index (χ1n) is 5.86. The zero-order valence-corrected chi connectivity index (χ0v) is 11.1. The number of benzene rings is 1. The maximum absolute atomic E-state index is 12.1. The third-order valence-corrected chi connectivity index (χ3v) is 2.75. The van der Waals surface area contributed by atoms with E-state index in [1.54, 1.807) is 19.1 Å². The van der Waals surface area contributed by atoms with Crippen molar-refractivity contribution in [2.24, 2.45) is 5.73 Å². The Bertz CT molecular complexity index is 598. The molecule has 0 spiro atoms. The molecule has 0 fully saturated rings. The lowest BCUT2D eigenvalue weighted by molar-refractivity contribution is -0.119. The summed E-state index contributed by atoms with van der Waals surface area (Å²) in [7, 11) is 0. The summed E-state index contributed by atoms with van der Waals surface area (Å²) in [5.74, 6) is 0.595. The predicted octanol–water partition coefficient (Wildman–Crippen LogP) is 1.73. The van der Waals surface area contributed by atoms with Crippen LogP contribution in [0, 0.1) is 6.92 Å². The van der Waals surface area contributed by atoms with Crippen LogP contribution in [0.3, 0.4) is 0 Å². The summed E-state index contributed by atoms with van der Waals surface area (Å²) in [6.45, 7) is 5.23. The smallest absolute Gasteiger partial charge is 0.255 e. The summed E-state index contributed by atoms with van der Waals surface area (Å²) >= 11 is 0. The molecule has 19 heavy (non-hydrogen) atoms. The first kappa shape index (κ1) is 13.1. The molecule has 1 heterocycles. The van der Waals surface area contributed by atoms with Gasteiger partial charge in [-0.1, -0.05) is 0 Å². The zero-order chi connectivity index (χ0) is 14.2. The Morgan fingerprint density at radius 3 is 2.63 bits per heavy atom. The van der Waals surface area contributed by atoms with Crippen molar-refractivity contribution in [3.8, 4) is 11.5 Å². The van der Waals surface area contributed by atoms with Crippen LogP contribution >= 0.6 is 0 Å². The van der Waals surface area contributed by atoms with Crippen LogP contribution in [0.1, 0.15) is 29.8 Å². The minimum absolute atomic E-state index is 0.117. The molecule has 1 aromatic carbocycles. The number of nitrogens with two attached hydrogens (primary N) is 1. The van der Waals surface area contributed by atoms with Gasteiger partial charge >= 0.3 is 0 Å². The quantitative estimate of drug-likeness (QED) is 0.840. The third kappa shape index (κ3) is 2.45. The molecule has 0 saturated carbocycles. The third-order valence-electron chi connectivity index (χ3n) is 2.75. The largest absolute Gasteiger partial charge is 0.484 e. The molecule has 2 N–H and O–H groups in total. The Hall–Kier alpha value is -2.30. The number of hydrogen-bond acceptors (Lipinski definition) is 4. The minimum Gasteiger partial charge on any atom is -0.484 e. The van der Waals surface area contributed by atoms with Crippen molar-refractivity contribution in [1.82, 2.24) is 0 Å². The standard InChI is InChI=1S/C14H15NO4/c1-7(2)14-13(17)12-8(3)4-9(5-10(12)19-14)18-6-11(15)16/h4-5H,6H2,1-3H3,(H2,15,16). The molecule has 0 unspecified atom stereocenters. The van der Waals surface area contributed by atoms with Gasteiger partial charge in [0, 0.05) is 6.07 Å². The van der Waals surface area contributed by atoms with E-state index in [0.717, 1.165) is 11.1 Å². The van der Waals surface area contributed by atoms with E-state index < -0.39 is 5.91 Å². The summed E-state index contributed by atoms with van der Waals surface area (Å²) in [5, 5.41) is 0. The number of carbonyl (C=O) groups excluding carboxylic acids is 2. The molecule has 5 nitrogen and oxygen atoms in total. The van der Waals surface area contributed by atoms with Gasteiger partial charge in [-0.25, -0.2) is 0 Å². The number of ketones is 1. The van der Waals surface area contributed by atoms with E-state index in [1.807, 2.05) is 13.8 Å². The lowest BCUT2D eigenvalue weighted by Gasteiger charge is -2.07. The SMILES string of the molecule is CC(C)=C1Oc2cc(OCC(N)=O)cc(C)c2C1=O. The molecule has 0 bridgehead atoms. The number of aryl methyl sites for hydroxylation is 1. The van der Waals surface area contributed by atoms with Crippen LogP contribution in [0.25, 0.3) is 0 Å². The molecular formula is C14H15NO4. The average Bonchev–Trinajstić information content (AvgIpc) is 2.64. The monoisotopic (exact) mass is 261 g/mol. The first-order chi connectivity index (χ1) is 8.90. The molecule has 1 amide bonds. The lowest BCUT2D eigenvalue weighted by Crippen LogP contribution is -2.20. The number of fused-ring (bicyclic) bond motifs is 1. The minimum atomic E-state index is -0.555. The predicted molar refractivity (Wildman–Crippen MR) is 69.2 cm³/mol. The van der Waals surface area contributed by atoms with Crippen molar-refractivity contribution in [2.75, 3.05) is 6.61 Å². The van der Waals surface area contributed by atoms with Crippen molar-refractivity contribution in [3.63, 3.8) is 0 Å². The summed E-state index contributed by atoms with van der Waals surface area (Å²) < 4.78 is 10.8. The fraction of sp³-hybridized carbons (Fsp3) is 0.286. The highest BCUT2D eigenvalue weighted by molar-refractivity contribution is 6.13. The molecule has 0 radical (unpaired) electrons. The van der Waals surface area contributed by atoms with Crippen LogP contribution in [-0.4, -0.2) is 18.3 Å². The van der Waals surface area contributed by atoms with E-state index in [1.165, 1.54) is 0 Å². The van der Waals surface area contributed by atoms with Crippen LogP contribution < -0.4 is 15.2 Å². The molecule has 0 aliphatic carbocycles. The van der Waals surface area contributed by atoms with E-state index >= 15 is 0 Å². The average molecular weight is 261 g/mol. The molecule has 2 rings (SSSR count). The summed E-state index contributed by atoms with van der Waals surface area (Å²) in [6.07, 6.45) is 0. The second-order valence-corrected chi connectivity index (χ2v) is 4.63. The van der Waals surface area contributed by atoms with E-state index in [4.69, 9.17) is 15.2 Å². The van der Waals surface area contributed by atoms with Crippen molar-refractivity contribution in [3.05, 3.63) is 34.6 Å². The van der Waals surface area contributed by atoms with Gasteiger partial charge in [0.1, 0.15) is 11.5 Å². The number of Topliss-reactive ketones (excluding diaryl/α,β-unsaturated/α-hetero) is 1. The van der Waals surface area contributed by atoms with Gasteiger partial charge in [0.25, 0.3) is 5.91 Å². The number of primary amides is 1. The van der Waals surface area contributed by atoms with Crippen LogP contribution in [-0.2, 0) is 4.79 Å². The Labute approximate surface area is 111 Å². The Morgan fingerprint density at radius 2 is 2.05 bits per heavy atom. The number of allylic oxidation sites excluding steroid dienone is 2. The van der Waals surface area contributed by atoms with Gasteiger partial charge in [0.15, 0.2) is 12.4 Å². The second-order valence-electron chi connectivity index (χ2n) is 4.63. The molecule has 1 aromatic rings. The molecule has 0 atom stereocenters. The Balaban J connectivity index is 2.38. The highest BCUT2D eigenvalue weighted by Crippen LogP contribution is 2.37. The summed E-state index contributed by atoms with van der Waals surface area (Å²) in [5.41, 5.74) is 7.13. The Kier molecular flexibility index (Phi) is 3.29. The van der Waals surface area contributed by atoms with E-state index in [2.05, 4.69) is 0 Å². The van der Waals surface area contributed by atoms with Gasteiger partial charge in [-0.3, -0.25) is 9.59 Å². The fourth-order valence-corrected chi connectivity index (χ4v) is 1.93. The zero-order valence-electron chi connectivity index (χ0n) is 11.1. The topological polar surface area (TPSA) is 78.6 Å². The highest BCUT2D eigenvalue weighted by Gasteiger charge is 2.30.